The largest absolute Gasteiger partial charge is 0.381 e. The normalized spacial score (nSPS) is 18.1. The summed E-state index contributed by atoms with van der Waals surface area (Å²) in [5.74, 6) is 0. The van der Waals surface area contributed by atoms with E-state index in [1.807, 2.05) is 0 Å². The minimum absolute atomic E-state index is 0.646. The van der Waals surface area contributed by atoms with Gasteiger partial charge in [0.25, 0.3) is 0 Å². The van der Waals surface area contributed by atoms with Crippen LogP contribution in [0.3, 0.4) is 0 Å². The van der Waals surface area contributed by atoms with Gasteiger partial charge in [-0.15, -0.1) is 0 Å². The summed E-state index contributed by atoms with van der Waals surface area (Å²) in [6.45, 7) is 0. The Morgan fingerprint density at radius 2 is 1.69 bits per heavy atom. The van der Waals surface area contributed by atoms with Crippen molar-refractivity contribution in [3.63, 3.8) is 0 Å². The maximum atomic E-state index is 3.65. The molecule has 1 saturated carbocycles. The van der Waals surface area contributed by atoms with E-state index in [0.29, 0.717) is 6.04 Å². The first-order valence-corrected chi connectivity index (χ1v) is 7.56. The fourth-order valence-electron chi connectivity index (χ4n) is 2.25. The van der Waals surface area contributed by atoms with Crippen LogP contribution in [0.4, 0.5) is 5.69 Å². The van der Waals surface area contributed by atoms with Crippen LogP contribution in [0.2, 0.25) is 0 Å². The first-order valence-electron chi connectivity index (χ1n) is 5.97. The summed E-state index contributed by atoms with van der Waals surface area (Å²) < 4.78 is 2.28. The lowest BCUT2D eigenvalue weighted by molar-refractivity contribution is 0.620. The molecular weight excluding hydrogens is 330 g/mol. The van der Waals surface area contributed by atoms with Gasteiger partial charge >= 0.3 is 0 Å². The quantitative estimate of drug-likeness (QED) is 0.712. The number of anilines is 1. The Kier molecular flexibility index (Phi) is 4.71. The molecule has 0 saturated heterocycles. The predicted octanol–water partition coefficient (Wildman–Crippen LogP) is 5.35. The Hall–Kier alpha value is -0.0200. The van der Waals surface area contributed by atoms with Crippen LogP contribution >= 0.6 is 31.9 Å². The second-order valence-corrected chi connectivity index (χ2v) is 6.23. The van der Waals surface area contributed by atoms with Gasteiger partial charge in [0.1, 0.15) is 0 Å². The lowest BCUT2D eigenvalue weighted by Crippen LogP contribution is -2.18. The van der Waals surface area contributed by atoms with Crippen LogP contribution in [0.25, 0.3) is 0 Å². The molecule has 0 radical (unpaired) electrons. The van der Waals surface area contributed by atoms with Crippen molar-refractivity contribution in [3.05, 3.63) is 27.1 Å². The summed E-state index contributed by atoms with van der Waals surface area (Å²) in [6.07, 6.45) is 8.14. The van der Waals surface area contributed by atoms with E-state index in [9.17, 15) is 0 Å². The molecule has 88 valence electrons. The summed E-state index contributed by atoms with van der Waals surface area (Å²) in [5.41, 5.74) is 1.21. The van der Waals surface area contributed by atoms with Crippen molar-refractivity contribution in [2.75, 3.05) is 5.32 Å². The van der Waals surface area contributed by atoms with E-state index in [4.69, 9.17) is 0 Å². The zero-order valence-corrected chi connectivity index (χ0v) is 12.5. The monoisotopic (exact) mass is 345 g/mol. The number of rotatable bonds is 2. The molecule has 0 unspecified atom stereocenters. The van der Waals surface area contributed by atoms with Gasteiger partial charge in [-0.1, -0.05) is 41.6 Å². The summed E-state index contributed by atoms with van der Waals surface area (Å²) in [5, 5.41) is 3.65. The van der Waals surface area contributed by atoms with E-state index in [2.05, 4.69) is 55.4 Å². The second-order valence-electron chi connectivity index (χ2n) is 4.46. The molecule has 1 nitrogen and oxygen atoms in total. The molecule has 0 aliphatic heterocycles. The Bertz CT molecular complexity index is 344. The molecule has 16 heavy (non-hydrogen) atoms. The van der Waals surface area contributed by atoms with E-state index in [0.717, 1.165) is 8.95 Å². The highest BCUT2D eigenvalue weighted by Crippen LogP contribution is 2.29. The summed E-state index contributed by atoms with van der Waals surface area (Å²) >= 11 is 7.11. The Morgan fingerprint density at radius 1 is 1.00 bits per heavy atom. The summed E-state index contributed by atoms with van der Waals surface area (Å²) in [7, 11) is 0. The SMILES string of the molecule is Brc1ccc(Br)c(NC2CCCCCC2)c1. The van der Waals surface area contributed by atoms with Crippen LogP contribution in [0, 0.1) is 0 Å². The molecule has 1 fully saturated rings. The molecule has 0 amide bonds. The van der Waals surface area contributed by atoms with Crippen molar-refractivity contribution in [3.8, 4) is 0 Å². The van der Waals surface area contributed by atoms with Gasteiger partial charge in [0, 0.05) is 20.7 Å². The zero-order chi connectivity index (χ0) is 11.4. The van der Waals surface area contributed by atoms with Crippen LogP contribution in [0.1, 0.15) is 38.5 Å². The van der Waals surface area contributed by atoms with Gasteiger partial charge in [0.2, 0.25) is 0 Å². The maximum absolute atomic E-state index is 3.65. The van der Waals surface area contributed by atoms with Crippen molar-refractivity contribution < 1.29 is 0 Å². The molecule has 1 aromatic rings. The molecule has 2 rings (SSSR count). The maximum Gasteiger partial charge on any atom is 0.0498 e. The molecular formula is C13H17Br2N. The molecule has 0 heterocycles. The number of hydrogen-bond donors (Lipinski definition) is 1. The fourth-order valence-corrected chi connectivity index (χ4v) is 2.97. The van der Waals surface area contributed by atoms with E-state index in [1.54, 1.807) is 0 Å². The molecule has 0 atom stereocenters. The van der Waals surface area contributed by atoms with Crippen LogP contribution in [-0.2, 0) is 0 Å². The van der Waals surface area contributed by atoms with E-state index in [1.165, 1.54) is 44.2 Å². The van der Waals surface area contributed by atoms with Crippen molar-refractivity contribution in [2.45, 2.75) is 44.6 Å². The molecule has 0 spiro atoms. The van der Waals surface area contributed by atoms with Gasteiger partial charge in [-0.3, -0.25) is 0 Å². The van der Waals surface area contributed by atoms with Gasteiger partial charge in [0.05, 0.1) is 0 Å². The van der Waals surface area contributed by atoms with Crippen LogP contribution in [0.15, 0.2) is 27.1 Å². The molecule has 0 bridgehead atoms. The van der Waals surface area contributed by atoms with Gasteiger partial charge in [0.15, 0.2) is 0 Å². The Morgan fingerprint density at radius 3 is 2.38 bits per heavy atom. The highest BCUT2D eigenvalue weighted by Gasteiger charge is 2.13. The molecule has 3 heteroatoms. The van der Waals surface area contributed by atoms with Crippen molar-refractivity contribution in [2.24, 2.45) is 0 Å². The molecule has 1 aromatic carbocycles. The number of benzene rings is 1. The first-order chi connectivity index (χ1) is 7.75. The minimum atomic E-state index is 0.646. The number of hydrogen-bond acceptors (Lipinski definition) is 1. The molecule has 1 N–H and O–H groups in total. The predicted molar refractivity (Wildman–Crippen MR) is 77.0 cm³/mol. The number of halogens is 2. The van der Waals surface area contributed by atoms with Gasteiger partial charge in [-0.2, -0.15) is 0 Å². The van der Waals surface area contributed by atoms with Crippen LogP contribution in [-0.4, -0.2) is 6.04 Å². The average molecular weight is 347 g/mol. The summed E-state index contributed by atoms with van der Waals surface area (Å²) in [4.78, 5) is 0. The zero-order valence-electron chi connectivity index (χ0n) is 9.31. The van der Waals surface area contributed by atoms with E-state index in [-0.39, 0.29) is 0 Å². The van der Waals surface area contributed by atoms with Crippen LogP contribution in [0.5, 0.6) is 0 Å². The van der Waals surface area contributed by atoms with E-state index < -0.39 is 0 Å². The standard InChI is InChI=1S/C13H17Br2N/c14-10-7-8-12(15)13(9-10)16-11-5-3-1-2-4-6-11/h7-9,11,16H,1-6H2. The minimum Gasteiger partial charge on any atom is -0.381 e. The first kappa shape index (κ1) is 12.4. The average Bonchev–Trinajstić information content (AvgIpc) is 2.52. The van der Waals surface area contributed by atoms with Crippen molar-refractivity contribution in [1.82, 2.24) is 0 Å². The Labute approximate surface area is 114 Å². The highest BCUT2D eigenvalue weighted by molar-refractivity contribution is 9.11. The Balaban J connectivity index is 2.04. The number of nitrogens with one attached hydrogen (secondary N) is 1. The van der Waals surface area contributed by atoms with Crippen molar-refractivity contribution >= 4 is 37.5 Å². The van der Waals surface area contributed by atoms with Gasteiger partial charge < -0.3 is 5.32 Å². The highest BCUT2D eigenvalue weighted by atomic mass is 79.9. The van der Waals surface area contributed by atoms with E-state index >= 15 is 0 Å². The third kappa shape index (κ3) is 3.49. The second kappa shape index (κ2) is 6.06. The van der Waals surface area contributed by atoms with Gasteiger partial charge in [-0.25, -0.2) is 0 Å². The summed E-state index contributed by atoms with van der Waals surface area (Å²) in [6, 6.07) is 6.94. The molecule has 1 aliphatic rings. The third-order valence-electron chi connectivity index (χ3n) is 3.14. The molecule has 1 aliphatic carbocycles. The molecule has 0 aromatic heterocycles. The lowest BCUT2D eigenvalue weighted by Gasteiger charge is -2.18. The topological polar surface area (TPSA) is 12.0 Å². The smallest absolute Gasteiger partial charge is 0.0498 e. The lowest BCUT2D eigenvalue weighted by atomic mass is 10.1. The van der Waals surface area contributed by atoms with Crippen LogP contribution < -0.4 is 5.32 Å². The third-order valence-corrected chi connectivity index (χ3v) is 4.33. The van der Waals surface area contributed by atoms with Gasteiger partial charge in [-0.05, 0) is 47.0 Å². The fraction of sp³-hybridized carbons (Fsp3) is 0.538. The van der Waals surface area contributed by atoms with Crippen molar-refractivity contribution in [1.29, 1.82) is 0 Å².